The number of amides is 1. The lowest BCUT2D eigenvalue weighted by atomic mass is 10.1. The molecule has 0 unspecified atom stereocenters. The molecule has 132 valence electrons. The summed E-state index contributed by atoms with van der Waals surface area (Å²) in [5.41, 5.74) is 1.27. The number of anilines is 1. The van der Waals surface area contributed by atoms with Gasteiger partial charge in [0.05, 0.1) is 15.6 Å². The zero-order valence-corrected chi connectivity index (χ0v) is 15.0. The lowest BCUT2D eigenvalue weighted by molar-refractivity contribution is 0.0746. The van der Waals surface area contributed by atoms with E-state index >= 15 is 0 Å². The van der Waals surface area contributed by atoms with Crippen molar-refractivity contribution in [3.05, 3.63) is 59.1 Å². The smallest absolute Gasteiger partial charge is 0.254 e. The van der Waals surface area contributed by atoms with Gasteiger partial charge >= 0.3 is 0 Å². The van der Waals surface area contributed by atoms with Crippen LogP contribution in [0.4, 0.5) is 5.69 Å². The van der Waals surface area contributed by atoms with Crippen molar-refractivity contribution in [2.24, 2.45) is 5.14 Å². The molecule has 1 saturated heterocycles. The van der Waals surface area contributed by atoms with E-state index in [4.69, 9.17) is 16.7 Å². The average Bonchev–Trinajstić information content (AvgIpc) is 2.61. The Morgan fingerprint density at radius 3 is 2.32 bits per heavy atom. The monoisotopic (exact) mass is 379 g/mol. The molecule has 0 saturated carbocycles. The van der Waals surface area contributed by atoms with E-state index in [0.29, 0.717) is 36.8 Å². The van der Waals surface area contributed by atoms with E-state index in [-0.39, 0.29) is 10.8 Å². The molecule has 2 N–H and O–H groups in total. The van der Waals surface area contributed by atoms with Gasteiger partial charge in [0.25, 0.3) is 5.91 Å². The molecule has 0 bridgehead atoms. The Kier molecular flexibility index (Phi) is 4.99. The van der Waals surface area contributed by atoms with Gasteiger partial charge in [0, 0.05) is 31.7 Å². The number of hydrogen-bond donors (Lipinski definition) is 1. The van der Waals surface area contributed by atoms with Gasteiger partial charge in [-0.2, -0.15) is 0 Å². The Hall–Kier alpha value is -2.09. The molecule has 0 spiro atoms. The molecule has 3 rings (SSSR count). The summed E-state index contributed by atoms with van der Waals surface area (Å²) in [6.07, 6.45) is 0. The molecule has 0 aliphatic carbocycles. The SMILES string of the molecule is NS(=O)(=O)c1cccc(C(=O)N2CCN(c3ccccc3Cl)CC2)c1. The summed E-state index contributed by atoms with van der Waals surface area (Å²) in [6, 6.07) is 13.4. The van der Waals surface area contributed by atoms with Gasteiger partial charge in [-0.3, -0.25) is 4.79 Å². The summed E-state index contributed by atoms with van der Waals surface area (Å²) < 4.78 is 22.9. The highest BCUT2D eigenvalue weighted by atomic mass is 35.5. The molecular weight excluding hydrogens is 362 g/mol. The number of para-hydroxylation sites is 1. The number of benzene rings is 2. The second kappa shape index (κ2) is 7.03. The number of primary sulfonamides is 1. The van der Waals surface area contributed by atoms with Gasteiger partial charge in [-0.15, -0.1) is 0 Å². The van der Waals surface area contributed by atoms with E-state index in [9.17, 15) is 13.2 Å². The Morgan fingerprint density at radius 1 is 1.00 bits per heavy atom. The van der Waals surface area contributed by atoms with Gasteiger partial charge < -0.3 is 9.80 Å². The summed E-state index contributed by atoms with van der Waals surface area (Å²) in [7, 11) is -3.83. The standard InChI is InChI=1S/C17H18ClN3O3S/c18-15-6-1-2-7-16(15)20-8-10-21(11-9-20)17(22)13-4-3-5-14(12-13)25(19,23)24/h1-7,12H,8-11H2,(H2,19,23,24). The van der Waals surface area contributed by atoms with Gasteiger partial charge in [-0.25, -0.2) is 13.6 Å². The summed E-state index contributed by atoms with van der Waals surface area (Å²) in [4.78, 5) is 16.4. The second-order valence-electron chi connectivity index (χ2n) is 5.80. The van der Waals surface area contributed by atoms with Crippen LogP contribution in [0, 0.1) is 0 Å². The number of piperazine rings is 1. The number of rotatable bonds is 3. The number of halogens is 1. The minimum absolute atomic E-state index is 0.0620. The lowest BCUT2D eigenvalue weighted by Gasteiger charge is -2.36. The topological polar surface area (TPSA) is 83.7 Å². The van der Waals surface area contributed by atoms with Crippen molar-refractivity contribution in [2.75, 3.05) is 31.1 Å². The van der Waals surface area contributed by atoms with Gasteiger partial charge in [-0.05, 0) is 30.3 Å². The van der Waals surface area contributed by atoms with Crippen LogP contribution in [-0.2, 0) is 10.0 Å². The minimum Gasteiger partial charge on any atom is -0.367 e. The highest BCUT2D eigenvalue weighted by molar-refractivity contribution is 7.89. The van der Waals surface area contributed by atoms with Crippen molar-refractivity contribution >= 4 is 33.2 Å². The van der Waals surface area contributed by atoms with Crippen molar-refractivity contribution < 1.29 is 13.2 Å². The maximum absolute atomic E-state index is 12.6. The number of carbonyl (C=O) groups excluding carboxylic acids is 1. The summed E-state index contributed by atoms with van der Waals surface area (Å²) >= 11 is 6.22. The molecule has 1 fully saturated rings. The first kappa shape index (κ1) is 17.7. The van der Waals surface area contributed by atoms with Gasteiger partial charge in [0.1, 0.15) is 0 Å². The Balaban J connectivity index is 1.71. The summed E-state index contributed by atoms with van der Waals surface area (Å²) in [5.74, 6) is -0.204. The van der Waals surface area contributed by atoms with Gasteiger partial charge in [0.2, 0.25) is 10.0 Å². The Morgan fingerprint density at radius 2 is 1.68 bits per heavy atom. The Labute approximate surface area is 151 Å². The van der Waals surface area contributed by atoms with E-state index in [1.54, 1.807) is 11.0 Å². The minimum atomic E-state index is -3.83. The predicted octanol–water partition coefficient (Wildman–Crippen LogP) is 1.95. The van der Waals surface area contributed by atoms with E-state index in [2.05, 4.69) is 4.90 Å². The van der Waals surface area contributed by atoms with Crippen molar-refractivity contribution in [1.82, 2.24) is 4.90 Å². The van der Waals surface area contributed by atoms with Crippen molar-refractivity contribution in [1.29, 1.82) is 0 Å². The zero-order valence-electron chi connectivity index (χ0n) is 13.4. The molecule has 2 aromatic rings. The molecular formula is C17H18ClN3O3S. The molecule has 25 heavy (non-hydrogen) atoms. The van der Waals surface area contributed by atoms with Crippen LogP contribution in [0.25, 0.3) is 0 Å². The molecule has 2 aromatic carbocycles. The maximum atomic E-state index is 12.6. The fourth-order valence-corrected chi connectivity index (χ4v) is 3.66. The highest BCUT2D eigenvalue weighted by Crippen LogP contribution is 2.26. The average molecular weight is 380 g/mol. The van der Waals surface area contributed by atoms with E-state index in [1.165, 1.54) is 18.2 Å². The molecule has 1 heterocycles. The van der Waals surface area contributed by atoms with Crippen molar-refractivity contribution in [2.45, 2.75) is 4.90 Å². The normalized spacial score (nSPS) is 15.3. The molecule has 6 nitrogen and oxygen atoms in total. The number of carbonyl (C=O) groups is 1. The number of sulfonamides is 1. The van der Waals surface area contributed by atoms with Crippen LogP contribution < -0.4 is 10.0 Å². The molecule has 1 aliphatic heterocycles. The number of hydrogen-bond acceptors (Lipinski definition) is 4. The van der Waals surface area contributed by atoms with Gasteiger partial charge in [0.15, 0.2) is 0 Å². The predicted molar refractivity (Wildman–Crippen MR) is 97.4 cm³/mol. The molecule has 8 heteroatoms. The summed E-state index contributed by atoms with van der Waals surface area (Å²) in [5, 5.41) is 5.81. The van der Waals surface area contributed by atoms with Crippen LogP contribution in [0.15, 0.2) is 53.4 Å². The van der Waals surface area contributed by atoms with Crippen molar-refractivity contribution in [3.63, 3.8) is 0 Å². The van der Waals surface area contributed by atoms with Crippen molar-refractivity contribution in [3.8, 4) is 0 Å². The summed E-state index contributed by atoms with van der Waals surface area (Å²) in [6.45, 7) is 2.38. The van der Waals surface area contributed by atoms with Crippen LogP contribution in [0.1, 0.15) is 10.4 Å². The number of nitrogens with zero attached hydrogens (tertiary/aromatic N) is 2. The second-order valence-corrected chi connectivity index (χ2v) is 7.77. The first-order chi connectivity index (χ1) is 11.9. The third kappa shape index (κ3) is 3.95. The van der Waals surface area contributed by atoms with Crippen LogP contribution in [0.3, 0.4) is 0 Å². The molecule has 0 atom stereocenters. The van der Waals surface area contributed by atoms with E-state index in [1.807, 2.05) is 24.3 Å². The first-order valence-electron chi connectivity index (χ1n) is 7.78. The lowest BCUT2D eigenvalue weighted by Crippen LogP contribution is -2.48. The van der Waals surface area contributed by atoms with Crippen LogP contribution >= 0.6 is 11.6 Å². The van der Waals surface area contributed by atoms with Crippen LogP contribution in [0.5, 0.6) is 0 Å². The fraction of sp³-hybridized carbons (Fsp3) is 0.235. The number of nitrogens with two attached hydrogens (primary N) is 1. The highest BCUT2D eigenvalue weighted by Gasteiger charge is 2.24. The maximum Gasteiger partial charge on any atom is 0.254 e. The van der Waals surface area contributed by atoms with Crippen LogP contribution in [0.2, 0.25) is 5.02 Å². The van der Waals surface area contributed by atoms with E-state index < -0.39 is 10.0 Å². The quantitative estimate of drug-likeness (QED) is 0.883. The molecule has 0 aromatic heterocycles. The van der Waals surface area contributed by atoms with Gasteiger partial charge in [-0.1, -0.05) is 29.8 Å². The Bertz CT molecular complexity index is 894. The largest absolute Gasteiger partial charge is 0.367 e. The molecule has 1 amide bonds. The molecule has 0 radical (unpaired) electrons. The van der Waals surface area contributed by atoms with E-state index in [0.717, 1.165) is 5.69 Å². The first-order valence-corrected chi connectivity index (χ1v) is 9.70. The zero-order chi connectivity index (χ0) is 18.0. The molecule has 1 aliphatic rings. The third-order valence-corrected chi connectivity index (χ3v) is 5.40. The third-order valence-electron chi connectivity index (χ3n) is 4.17. The van der Waals surface area contributed by atoms with Crippen LogP contribution in [-0.4, -0.2) is 45.4 Å². The fourth-order valence-electron chi connectivity index (χ4n) is 2.85.